The first kappa shape index (κ1) is 14.6. The van der Waals surface area contributed by atoms with Crippen molar-refractivity contribution in [2.45, 2.75) is 33.2 Å². The third kappa shape index (κ3) is 5.77. The van der Waals surface area contributed by atoms with E-state index < -0.39 is 0 Å². The van der Waals surface area contributed by atoms with Crippen LogP contribution in [-0.2, 0) is 11.3 Å². The van der Waals surface area contributed by atoms with Crippen LogP contribution >= 0.6 is 0 Å². The highest BCUT2D eigenvalue weighted by molar-refractivity contribution is 5.76. The molecule has 0 unspecified atom stereocenters. The molecule has 0 aliphatic heterocycles. The summed E-state index contributed by atoms with van der Waals surface area (Å²) < 4.78 is 0. The Balaban J connectivity index is 2.32. The van der Waals surface area contributed by atoms with Crippen molar-refractivity contribution in [3.8, 4) is 0 Å². The largest absolute Gasteiger partial charge is 0.352 e. The van der Waals surface area contributed by atoms with Gasteiger partial charge in [0.25, 0.3) is 0 Å². The van der Waals surface area contributed by atoms with Crippen LogP contribution in [0.15, 0.2) is 24.5 Å². The third-order valence-corrected chi connectivity index (χ3v) is 2.85. The molecular formula is C14H23N3O. The summed E-state index contributed by atoms with van der Waals surface area (Å²) in [6, 6.07) is 3.80. The lowest BCUT2D eigenvalue weighted by atomic mass is 9.94. The predicted octanol–water partition coefficient (Wildman–Crippen LogP) is 1.71. The van der Waals surface area contributed by atoms with Crippen molar-refractivity contribution in [2.75, 3.05) is 6.54 Å². The van der Waals surface area contributed by atoms with Crippen LogP contribution < -0.4 is 11.1 Å². The van der Waals surface area contributed by atoms with Gasteiger partial charge in [0.2, 0.25) is 5.91 Å². The maximum Gasteiger partial charge on any atom is 0.220 e. The van der Waals surface area contributed by atoms with Crippen LogP contribution in [0.2, 0.25) is 0 Å². The van der Waals surface area contributed by atoms with Gasteiger partial charge in [0.1, 0.15) is 0 Å². The second-order valence-electron chi connectivity index (χ2n) is 5.07. The molecule has 0 spiro atoms. The number of carbonyl (C=O) groups excluding carboxylic acids is 1. The van der Waals surface area contributed by atoms with Crippen molar-refractivity contribution in [3.05, 3.63) is 30.1 Å². The monoisotopic (exact) mass is 249 g/mol. The molecule has 18 heavy (non-hydrogen) atoms. The highest BCUT2D eigenvalue weighted by atomic mass is 16.1. The Kier molecular flexibility index (Phi) is 6.36. The Hall–Kier alpha value is -1.42. The number of nitrogens with two attached hydrogens (primary N) is 1. The maximum absolute atomic E-state index is 11.8. The van der Waals surface area contributed by atoms with Crippen LogP contribution in [0.4, 0.5) is 0 Å². The topological polar surface area (TPSA) is 68.0 Å². The summed E-state index contributed by atoms with van der Waals surface area (Å²) in [5.74, 6) is 0.928. The van der Waals surface area contributed by atoms with E-state index in [0.717, 1.165) is 12.0 Å². The molecule has 0 aliphatic rings. The number of carbonyl (C=O) groups is 1. The van der Waals surface area contributed by atoms with E-state index >= 15 is 0 Å². The van der Waals surface area contributed by atoms with Gasteiger partial charge in [0.15, 0.2) is 0 Å². The van der Waals surface area contributed by atoms with E-state index in [1.54, 1.807) is 12.4 Å². The average molecular weight is 249 g/mol. The predicted molar refractivity (Wildman–Crippen MR) is 72.7 cm³/mol. The molecular weight excluding hydrogens is 226 g/mol. The quantitative estimate of drug-likeness (QED) is 0.773. The van der Waals surface area contributed by atoms with Gasteiger partial charge in [-0.2, -0.15) is 0 Å². The minimum absolute atomic E-state index is 0.0721. The van der Waals surface area contributed by atoms with Crippen molar-refractivity contribution in [2.24, 2.45) is 17.6 Å². The van der Waals surface area contributed by atoms with Crippen molar-refractivity contribution < 1.29 is 4.79 Å². The lowest BCUT2D eigenvalue weighted by molar-refractivity contribution is -0.122. The van der Waals surface area contributed by atoms with E-state index in [9.17, 15) is 4.79 Å². The van der Waals surface area contributed by atoms with Gasteiger partial charge in [-0.15, -0.1) is 0 Å². The van der Waals surface area contributed by atoms with Gasteiger partial charge in [-0.3, -0.25) is 9.78 Å². The SMILES string of the molecule is CC(C)C[C@H](CN)CC(=O)NCc1ccncc1. The molecule has 4 heteroatoms. The van der Waals surface area contributed by atoms with Gasteiger partial charge >= 0.3 is 0 Å². The highest BCUT2D eigenvalue weighted by Gasteiger charge is 2.13. The maximum atomic E-state index is 11.8. The van der Waals surface area contributed by atoms with Crippen molar-refractivity contribution in [1.82, 2.24) is 10.3 Å². The zero-order chi connectivity index (χ0) is 13.4. The molecule has 1 atom stereocenters. The van der Waals surface area contributed by atoms with Crippen molar-refractivity contribution >= 4 is 5.91 Å². The van der Waals surface area contributed by atoms with Crippen molar-refractivity contribution in [3.63, 3.8) is 0 Å². The van der Waals surface area contributed by atoms with Crippen LogP contribution in [-0.4, -0.2) is 17.4 Å². The molecule has 100 valence electrons. The van der Waals surface area contributed by atoms with E-state index in [1.165, 1.54) is 0 Å². The molecule has 0 aromatic carbocycles. The number of hydrogen-bond donors (Lipinski definition) is 2. The van der Waals surface area contributed by atoms with Crippen LogP contribution in [0.3, 0.4) is 0 Å². The molecule has 0 radical (unpaired) electrons. The number of aromatic nitrogens is 1. The summed E-state index contributed by atoms with van der Waals surface area (Å²) in [6.45, 7) is 5.43. The van der Waals surface area contributed by atoms with Crippen molar-refractivity contribution in [1.29, 1.82) is 0 Å². The molecule has 1 aromatic heterocycles. The molecule has 0 saturated carbocycles. The molecule has 0 bridgehead atoms. The standard InChI is InChI=1S/C14H23N3O/c1-11(2)7-13(9-15)8-14(18)17-10-12-3-5-16-6-4-12/h3-6,11,13H,7-10,15H2,1-2H3,(H,17,18)/t13-/m0/s1. The minimum atomic E-state index is 0.0721. The Morgan fingerprint density at radius 2 is 2.06 bits per heavy atom. The fraction of sp³-hybridized carbons (Fsp3) is 0.571. The average Bonchev–Trinajstić information content (AvgIpc) is 2.36. The van der Waals surface area contributed by atoms with Gasteiger partial charge in [0.05, 0.1) is 0 Å². The summed E-state index contributed by atoms with van der Waals surface area (Å²) in [6.07, 6.45) is 4.96. The van der Waals surface area contributed by atoms with Gasteiger partial charge in [0, 0.05) is 25.4 Å². The van der Waals surface area contributed by atoms with Gasteiger partial charge in [-0.1, -0.05) is 13.8 Å². The van der Waals surface area contributed by atoms with Crippen LogP contribution in [0.1, 0.15) is 32.3 Å². The summed E-state index contributed by atoms with van der Waals surface area (Å²) >= 11 is 0. The minimum Gasteiger partial charge on any atom is -0.352 e. The number of rotatable bonds is 7. The second kappa shape index (κ2) is 7.82. The number of hydrogen-bond acceptors (Lipinski definition) is 3. The Morgan fingerprint density at radius 3 is 2.61 bits per heavy atom. The van der Waals surface area contributed by atoms with E-state index in [1.807, 2.05) is 12.1 Å². The summed E-state index contributed by atoms with van der Waals surface area (Å²) in [5, 5.41) is 2.91. The molecule has 1 heterocycles. The number of nitrogens with one attached hydrogen (secondary N) is 1. The van der Waals surface area contributed by atoms with E-state index in [-0.39, 0.29) is 11.8 Å². The Labute approximate surface area is 109 Å². The van der Waals surface area contributed by atoms with E-state index in [0.29, 0.717) is 25.4 Å². The Bertz CT molecular complexity index is 351. The molecule has 0 aliphatic carbocycles. The molecule has 1 rings (SSSR count). The smallest absolute Gasteiger partial charge is 0.220 e. The fourth-order valence-electron chi connectivity index (χ4n) is 1.97. The Morgan fingerprint density at radius 1 is 1.39 bits per heavy atom. The van der Waals surface area contributed by atoms with Crippen LogP contribution in [0.5, 0.6) is 0 Å². The highest BCUT2D eigenvalue weighted by Crippen LogP contribution is 2.14. The fourth-order valence-corrected chi connectivity index (χ4v) is 1.97. The van der Waals surface area contributed by atoms with E-state index in [4.69, 9.17) is 5.73 Å². The lowest BCUT2D eigenvalue weighted by Crippen LogP contribution is -2.28. The first-order valence-electron chi connectivity index (χ1n) is 6.47. The molecule has 3 N–H and O–H groups in total. The van der Waals surface area contributed by atoms with Gasteiger partial charge in [-0.05, 0) is 42.5 Å². The van der Waals surface area contributed by atoms with E-state index in [2.05, 4.69) is 24.1 Å². The van der Waals surface area contributed by atoms with Gasteiger partial charge in [-0.25, -0.2) is 0 Å². The second-order valence-corrected chi connectivity index (χ2v) is 5.07. The number of pyridine rings is 1. The summed E-state index contributed by atoms with van der Waals surface area (Å²) in [4.78, 5) is 15.7. The molecule has 0 saturated heterocycles. The third-order valence-electron chi connectivity index (χ3n) is 2.85. The summed E-state index contributed by atoms with van der Waals surface area (Å²) in [5.41, 5.74) is 6.75. The number of nitrogens with zero attached hydrogens (tertiary/aromatic N) is 1. The summed E-state index contributed by atoms with van der Waals surface area (Å²) in [7, 11) is 0. The van der Waals surface area contributed by atoms with Crippen LogP contribution in [0.25, 0.3) is 0 Å². The van der Waals surface area contributed by atoms with Gasteiger partial charge < -0.3 is 11.1 Å². The normalized spacial score (nSPS) is 12.4. The first-order valence-corrected chi connectivity index (χ1v) is 6.47. The molecule has 4 nitrogen and oxygen atoms in total. The molecule has 0 fully saturated rings. The molecule has 1 aromatic rings. The zero-order valence-electron chi connectivity index (χ0n) is 11.2. The zero-order valence-corrected chi connectivity index (χ0v) is 11.2. The first-order chi connectivity index (χ1) is 8.61. The molecule has 1 amide bonds. The number of amides is 1. The van der Waals surface area contributed by atoms with Crippen LogP contribution in [0, 0.1) is 11.8 Å². The lowest BCUT2D eigenvalue weighted by Gasteiger charge is -2.16.